The second-order valence-electron chi connectivity index (χ2n) is 7.20. The molecule has 1 amide bonds. The lowest BCUT2D eigenvalue weighted by atomic mass is 10.1. The van der Waals surface area contributed by atoms with E-state index in [0.29, 0.717) is 17.9 Å². The highest BCUT2D eigenvalue weighted by Crippen LogP contribution is 2.30. The van der Waals surface area contributed by atoms with E-state index in [2.05, 4.69) is 11.1 Å². The molecule has 6 nitrogen and oxygen atoms in total. The lowest BCUT2D eigenvalue weighted by molar-refractivity contribution is -0.122. The second-order valence-corrected chi connectivity index (χ2v) is 7.20. The number of nitrogens with zero attached hydrogens (tertiary/aromatic N) is 4. The van der Waals surface area contributed by atoms with E-state index in [9.17, 15) is 14.9 Å². The van der Waals surface area contributed by atoms with Crippen LogP contribution in [0, 0.1) is 32.1 Å². The van der Waals surface area contributed by atoms with Crippen LogP contribution >= 0.6 is 0 Å². The number of carbonyl (C=O) groups is 2. The van der Waals surface area contributed by atoms with Crippen molar-refractivity contribution in [3.05, 3.63) is 52.7 Å². The van der Waals surface area contributed by atoms with Crippen molar-refractivity contribution in [3.8, 4) is 6.07 Å². The highest BCUT2D eigenvalue weighted by Gasteiger charge is 2.40. The van der Waals surface area contributed by atoms with Crippen LogP contribution in [0.5, 0.6) is 0 Å². The summed E-state index contributed by atoms with van der Waals surface area (Å²) < 4.78 is 0. The zero-order valence-electron chi connectivity index (χ0n) is 16.7. The molecule has 1 atom stereocenters. The van der Waals surface area contributed by atoms with Gasteiger partial charge in [0, 0.05) is 24.3 Å². The molecule has 2 heterocycles. The fourth-order valence-electron chi connectivity index (χ4n) is 3.74. The summed E-state index contributed by atoms with van der Waals surface area (Å²) >= 11 is 0. The quantitative estimate of drug-likeness (QED) is 0.819. The third-order valence-electron chi connectivity index (χ3n) is 5.03. The molecule has 0 saturated carbocycles. The van der Waals surface area contributed by atoms with Gasteiger partial charge in [0.25, 0.3) is 0 Å². The third kappa shape index (κ3) is 3.61. The van der Waals surface area contributed by atoms with Crippen LogP contribution in [0.3, 0.4) is 0 Å². The summed E-state index contributed by atoms with van der Waals surface area (Å²) in [5.74, 6) is 0.247. The number of aryl methyl sites for hydroxylation is 3. The number of carbonyl (C=O) groups excluding carboxylic acids is 2. The molecule has 1 fully saturated rings. The lowest BCUT2D eigenvalue weighted by Crippen LogP contribution is -2.46. The molecule has 0 spiro atoms. The molecule has 1 aliphatic heterocycles. The Balaban J connectivity index is 2.02. The average Bonchev–Trinajstić information content (AvgIpc) is 3.03. The monoisotopic (exact) mass is 376 g/mol. The van der Waals surface area contributed by atoms with Crippen LogP contribution in [0.25, 0.3) is 0 Å². The summed E-state index contributed by atoms with van der Waals surface area (Å²) in [5, 5.41) is 9.61. The van der Waals surface area contributed by atoms with Gasteiger partial charge in [-0.05, 0) is 57.0 Å². The fourth-order valence-corrected chi connectivity index (χ4v) is 3.74. The van der Waals surface area contributed by atoms with E-state index in [4.69, 9.17) is 0 Å². The number of hydrogen-bond acceptors (Lipinski definition) is 5. The average molecular weight is 376 g/mol. The summed E-state index contributed by atoms with van der Waals surface area (Å²) in [6, 6.07) is 11.1. The Morgan fingerprint density at radius 1 is 1.32 bits per heavy atom. The molecule has 0 bridgehead atoms. The molecule has 0 unspecified atom stereocenters. The van der Waals surface area contributed by atoms with E-state index in [0.717, 1.165) is 22.5 Å². The van der Waals surface area contributed by atoms with Gasteiger partial charge in [0.05, 0.1) is 12.1 Å². The van der Waals surface area contributed by atoms with Gasteiger partial charge in [-0.25, -0.2) is 4.98 Å². The topological polar surface area (TPSA) is 77.3 Å². The zero-order valence-corrected chi connectivity index (χ0v) is 16.7. The number of benzene rings is 1. The predicted octanol–water partition coefficient (Wildman–Crippen LogP) is 3.08. The number of likely N-dealkylation sites (N-methyl/N-ethyl adjacent to an activating group) is 1. The van der Waals surface area contributed by atoms with Crippen LogP contribution < -0.4 is 9.80 Å². The smallest absolute Gasteiger partial charge is 0.250 e. The molecule has 1 aromatic carbocycles. The molecule has 0 N–H and O–H groups in total. The molecule has 28 heavy (non-hydrogen) atoms. The van der Waals surface area contributed by atoms with Crippen molar-refractivity contribution < 1.29 is 9.59 Å². The number of amides is 1. The van der Waals surface area contributed by atoms with Crippen LogP contribution in [-0.2, 0) is 9.59 Å². The Morgan fingerprint density at radius 2 is 2.07 bits per heavy atom. The predicted molar refractivity (Wildman–Crippen MR) is 108 cm³/mol. The van der Waals surface area contributed by atoms with E-state index in [1.165, 1.54) is 0 Å². The van der Waals surface area contributed by atoms with Crippen molar-refractivity contribution in [2.45, 2.75) is 40.2 Å². The van der Waals surface area contributed by atoms with Crippen LogP contribution in [0.2, 0.25) is 0 Å². The number of anilines is 2. The fraction of sp³-hybridized carbons (Fsp3) is 0.364. The van der Waals surface area contributed by atoms with Crippen molar-refractivity contribution in [3.63, 3.8) is 0 Å². The molecular formula is C22H24N4O2. The van der Waals surface area contributed by atoms with Crippen molar-refractivity contribution in [1.29, 1.82) is 5.26 Å². The number of rotatable bonds is 4. The Hall–Kier alpha value is -3.20. The maximum atomic E-state index is 13.4. The molecule has 0 aliphatic carbocycles. The van der Waals surface area contributed by atoms with Gasteiger partial charge < -0.3 is 9.80 Å². The number of Topliss-reactive ketones (excluding diaryl/α,β-unsaturated/α-hetero) is 1. The van der Waals surface area contributed by atoms with Gasteiger partial charge in [-0.2, -0.15) is 5.26 Å². The van der Waals surface area contributed by atoms with Gasteiger partial charge in [-0.15, -0.1) is 0 Å². The minimum Gasteiger partial charge on any atom is -0.336 e. The number of hydrogen-bond donors (Lipinski definition) is 0. The summed E-state index contributed by atoms with van der Waals surface area (Å²) in [6.45, 7) is 8.16. The van der Waals surface area contributed by atoms with Crippen LogP contribution in [0.1, 0.15) is 35.7 Å². The second kappa shape index (κ2) is 7.81. The maximum Gasteiger partial charge on any atom is 0.250 e. The highest BCUT2D eigenvalue weighted by atomic mass is 16.2. The Morgan fingerprint density at radius 3 is 2.71 bits per heavy atom. The van der Waals surface area contributed by atoms with Crippen LogP contribution in [0.4, 0.5) is 11.5 Å². The van der Waals surface area contributed by atoms with Crippen molar-refractivity contribution in [2.75, 3.05) is 22.9 Å². The van der Waals surface area contributed by atoms with Crippen LogP contribution in [-0.4, -0.2) is 35.8 Å². The van der Waals surface area contributed by atoms with Gasteiger partial charge in [0.1, 0.15) is 17.9 Å². The number of pyridine rings is 1. The minimum absolute atomic E-state index is 0.0245. The van der Waals surface area contributed by atoms with Crippen molar-refractivity contribution in [2.24, 2.45) is 0 Å². The van der Waals surface area contributed by atoms with Gasteiger partial charge in [0.15, 0.2) is 5.78 Å². The normalized spacial score (nSPS) is 16.2. The first-order valence-corrected chi connectivity index (χ1v) is 9.40. The first-order chi connectivity index (χ1) is 13.3. The largest absolute Gasteiger partial charge is 0.336 e. The van der Waals surface area contributed by atoms with E-state index >= 15 is 0 Å². The molecule has 6 heteroatoms. The third-order valence-corrected chi connectivity index (χ3v) is 5.03. The summed E-state index contributed by atoms with van der Waals surface area (Å²) in [7, 11) is 0. The molecule has 1 aromatic heterocycles. The SMILES string of the molecule is CCN(C(=O)[C@@H]1CC(=O)CN1c1nc(C)cc(C)c1C#N)c1cccc(C)c1. The molecule has 144 valence electrons. The van der Waals surface area contributed by atoms with Crippen LogP contribution in [0.15, 0.2) is 30.3 Å². The number of ketones is 1. The lowest BCUT2D eigenvalue weighted by Gasteiger charge is -2.30. The Labute approximate surface area is 165 Å². The van der Waals surface area contributed by atoms with Gasteiger partial charge >= 0.3 is 0 Å². The number of nitriles is 1. The summed E-state index contributed by atoms with van der Waals surface area (Å²) in [5.41, 5.74) is 3.83. The molecule has 1 aliphatic rings. The summed E-state index contributed by atoms with van der Waals surface area (Å²) in [4.78, 5) is 33.6. The number of aromatic nitrogens is 1. The molecule has 2 aromatic rings. The van der Waals surface area contributed by atoms with Gasteiger partial charge in [-0.1, -0.05) is 12.1 Å². The molecular weight excluding hydrogens is 352 g/mol. The first-order valence-electron chi connectivity index (χ1n) is 9.40. The van der Waals surface area contributed by atoms with Gasteiger partial charge in [-0.3, -0.25) is 9.59 Å². The molecule has 1 saturated heterocycles. The van der Waals surface area contributed by atoms with E-state index in [1.807, 2.05) is 58.0 Å². The standard InChI is InChI=1S/C22H24N4O2/c1-5-25(17-8-6-7-14(2)9-17)22(28)20-11-18(27)13-26(20)21-19(12-23)15(3)10-16(4)24-21/h6-10,20H,5,11,13H2,1-4H3/t20-/m0/s1. The van der Waals surface area contributed by atoms with Crippen molar-refractivity contribution in [1.82, 2.24) is 4.98 Å². The Bertz CT molecular complexity index is 977. The molecule has 0 radical (unpaired) electrons. The van der Waals surface area contributed by atoms with Crippen molar-refractivity contribution >= 4 is 23.2 Å². The highest BCUT2D eigenvalue weighted by molar-refractivity contribution is 6.05. The van der Waals surface area contributed by atoms with E-state index < -0.39 is 6.04 Å². The minimum atomic E-state index is -0.659. The van der Waals surface area contributed by atoms with E-state index in [1.54, 1.807) is 9.80 Å². The molecule has 3 rings (SSSR count). The van der Waals surface area contributed by atoms with E-state index in [-0.39, 0.29) is 24.7 Å². The summed E-state index contributed by atoms with van der Waals surface area (Å²) in [6.07, 6.45) is 0.126. The van der Waals surface area contributed by atoms with Gasteiger partial charge in [0.2, 0.25) is 5.91 Å². The first kappa shape index (κ1) is 19.6. The Kier molecular flexibility index (Phi) is 5.46. The maximum absolute atomic E-state index is 13.4. The zero-order chi connectivity index (χ0) is 20.4.